The molecule has 0 aliphatic heterocycles. The van der Waals surface area contributed by atoms with Gasteiger partial charge >= 0.3 is 18.3 Å². The van der Waals surface area contributed by atoms with Crippen molar-refractivity contribution in [1.82, 2.24) is 19.6 Å². The second-order valence-electron chi connectivity index (χ2n) is 5.80. The summed E-state index contributed by atoms with van der Waals surface area (Å²) in [7, 11) is -4.23. The minimum Gasteiger partial charge on any atom is -0.253 e. The lowest BCUT2D eigenvalue weighted by molar-refractivity contribution is -0.289. The molecule has 0 fully saturated rings. The summed E-state index contributed by atoms with van der Waals surface area (Å²) in [6.45, 7) is 1.18. The van der Waals surface area contributed by atoms with Gasteiger partial charge in [0.25, 0.3) is 0 Å². The van der Waals surface area contributed by atoms with Crippen molar-refractivity contribution in [2.24, 2.45) is 0 Å². The van der Waals surface area contributed by atoms with Crippen LogP contribution in [0.3, 0.4) is 0 Å². The lowest BCUT2D eigenvalue weighted by atomic mass is 10.2. The average molecular weight is 480 g/mol. The first kappa shape index (κ1) is 22.3. The molecule has 0 aromatic carbocycles. The summed E-state index contributed by atoms with van der Waals surface area (Å²) >= 11 is -0.113. The zero-order chi connectivity index (χ0) is 22.7. The molecule has 164 valence electrons. The number of hydrogen-bond donors (Lipinski definition) is 0. The van der Waals surface area contributed by atoms with Gasteiger partial charge in [-0.1, -0.05) is 18.3 Å². The molecule has 30 heavy (non-hydrogen) atoms. The zero-order valence-electron chi connectivity index (χ0n) is 14.4. The maximum Gasteiger partial charge on any atom is 0.460 e. The van der Waals surface area contributed by atoms with Crippen LogP contribution in [0.4, 0.5) is 35.1 Å². The molecule has 0 N–H and O–H groups in total. The van der Waals surface area contributed by atoms with Crippen LogP contribution in [0.1, 0.15) is 17.5 Å². The van der Waals surface area contributed by atoms with E-state index in [1.165, 1.54) is 6.92 Å². The first-order valence-electron chi connectivity index (χ1n) is 7.69. The van der Waals surface area contributed by atoms with Gasteiger partial charge in [-0.3, -0.25) is 4.98 Å². The topological polar surface area (TPSA) is 77.2 Å². The van der Waals surface area contributed by atoms with Gasteiger partial charge in [0.2, 0.25) is 4.96 Å². The standard InChI is InChI=1S/C14H8F8N4O2S2/c1-2-30(27,28)8-3-6(13(17,18)19)4-23-9(8)7-5-26-11(24-7)29-10(25-26)12(15,16)14(20,21)22/h3-5H,2H2,1H3. The molecular formula is C14H8F8N4O2S2. The monoisotopic (exact) mass is 480 g/mol. The van der Waals surface area contributed by atoms with Crippen molar-refractivity contribution in [3.05, 3.63) is 29.0 Å². The van der Waals surface area contributed by atoms with Gasteiger partial charge in [0.1, 0.15) is 11.4 Å². The van der Waals surface area contributed by atoms with E-state index >= 15 is 0 Å². The predicted octanol–water partition coefficient (Wildman–Crippen LogP) is 4.32. The lowest BCUT2D eigenvalue weighted by Gasteiger charge is -2.15. The van der Waals surface area contributed by atoms with Crippen molar-refractivity contribution in [2.75, 3.05) is 5.75 Å². The van der Waals surface area contributed by atoms with Gasteiger partial charge < -0.3 is 0 Å². The average Bonchev–Trinajstić information content (AvgIpc) is 3.18. The van der Waals surface area contributed by atoms with Crippen molar-refractivity contribution in [3.63, 3.8) is 0 Å². The molecule has 0 amide bonds. The Balaban J connectivity index is 2.15. The molecular weight excluding hydrogens is 472 g/mol. The Labute approximate surface area is 166 Å². The van der Waals surface area contributed by atoms with Gasteiger partial charge in [-0.2, -0.15) is 40.2 Å². The third-order valence-electron chi connectivity index (χ3n) is 3.81. The van der Waals surface area contributed by atoms with E-state index < -0.39 is 60.0 Å². The van der Waals surface area contributed by atoms with Crippen LogP contribution in [-0.2, 0) is 21.9 Å². The summed E-state index contributed by atoms with van der Waals surface area (Å²) in [5, 5.41) is 1.51. The second kappa shape index (κ2) is 6.83. The fourth-order valence-corrected chi connectivity index (χ4v) is 4.19. The van der Waals surface area contributed by atoms with Crippen LogP contribution in [0, 0.1) is 0 Å². The normalized spacial score (nSPS) is 13.9. The van der Waals surface area contributed by atoms with Crippen LogP contribution in [0.25, 0.3) is 16.3 Å². The Morgan fingerprint density at radius 1 is 1.10 bits per heavy atom. The number of hydrogen-bond acceptors (Lipinski definition) is 6. The highest BCUT2D eigenvalue weighted by molar-refractivity contribution is 7.91. The van der Waals surface area contributed by atoms with Crippen LogP contribution in [0.2, 0.25) is 0 Å². The van der Waals surface area contributed by atoms with Gasteiger partial charge in [-0.25, -0.2) is 17.9 Å². The van der Waals surface area contributed by atoms with Crippen LogP contribution in [0.5, 0.6) is 0 Å². The molecule has 0 bridgehead atoms. The Morgan fingerprint density at radius 3 is 2.23 bits per heavy atom. The molecule has 0 aliphatic carbocycles. The molecule has 0 saturated carbocycles. The van der Waals surface area contributed by atoms with E-state index in [-0.39, 0.29) is 17.0 Å². The fraction of sp³-hybridized carbons (Fsp3) is 0.357. The first-order chi connectivity index (χ1) is 13.6. The minimum absolute atomic E-state index is 0.113. The van der Waals surface area contributed by atoms with E-state index in [4.69, 9.17) is 0 Å². The number of fused-ring (bicyclic) bond motifs is 1. The number of aromatic nitrogens is 4. The van der Waals surface area contributed by atoms with Crippen molar-refractivity contribution >= 4 is 26.1 Å². The van der Waals surface area contributed by atoms with Crippen molar-refractivity contribution in [2.45, 2.75) is 30.1 Å². The molecule has 3 rings (SSSR count). The lowest BCUT2D eigenvalue weighted by Crippen LogP contribution is -2.33. The summed E-state index contributed by atoms with van der Waals surface area (Å²) in [6.07, 6.45) is -9.64. The summed E-state index contributed by atoms with van der Waals surface area (Å²) in [4.78, 5) is 5.92. The van der Waals surface area contributed by atoms with Gasteiger partial charge in [-0.15, -0.1) is 0 Å². The van der Waals surface area contributed by atoms with E-state index in [9.17, 15) is 43.5 Å². The van der Waals surface area contributed by atoms with Crippen molar-refractivity contribution in [3.8, 4) is 11.4 Å². The highest BCUT2D eigenvalue weighted by Crippen LogP contribution is 2.45. The summed E-state index contributed by atoms with van der Waals surface area (Å²) < 4.78 is 128. The quantitative estimate of drug-likeness (QED) is 0.520. The van der Waals surface area contributed by atoms with Gasteiger partial charge in [0.05, 0.1) is 22.4 Å². The highest BCUT2D eigenvalue weighted by atomic mass is 32.2. The highest BCUT2D eigenvalue weighted by Gasteiger charge is 2.61. The van der Waals surface area contributed by atoms with Crippen LogP contribution in [0.15, 0.2) is 23.4 Å². The Bertz CT molecular complexity index is 1180. The molecule has 0 unspecified atom stereocenters. The number of halogens is 8. The Hall–Kier alpha value is -2.36. The van der Waals surface area contributed by atoms with Crippen LogP contribution in [-0.4, -0.2) is 39.9 Å². The molecule has 3 aromatic heterocycles. The van der Waals surface area contributed by atoms with Gasteiger partial charge in [0, 0.05) is 6.20 Å². The molecule has 6 nitrogen and oxygen atoms in total. The van der Waals surface area contributed by atoms with E-state index in [2.05, 4.69) is 15.1 Å². The zero-order valence-corrected chi connectivity index (χ0v) is 16.0. The van der Waals surface area contributed by atoms with Gasteiger partial charge in [0.15, 0.2) is 14.8 Å². The summed E-state index contributed by atoms with van der Waals surface area (Å²) in [6, 6.07) is 0.352. The van der Waals surface area contributed by atoms with Crippen molar-refractivity contribution < 1.29 is 43.5 Å². The molecule has 0 atom stereocenters. The fourth-order valence-electron chi connectivity index (χ4n) is 2.25. The predicted molar refractivity (Wildman–Crippen MR) is 86.8 cm³/mol. The van der Waals surface area contributed by atoms with Crippen LogP contribution >= 0.6 is 11.3 Å². The number of pyridine rings is 1. The maximum atomic E-state index is 13.4. The smallest absolute Gasteiger partial charge is 0.253 e. The number of nitrogens with zero attached hydrogens (tertiary/aromatic N) is 4. The Kier molecular flexibility index (Phi) is 5.08. The third-order valence-corrected chi connectivity index (χ3v) is 6.54. The number of sulfone groups is 1. The summed E-state index contributed by atoms with van der Waals surface area (Å²) in [5.74, 6) is -5.83. The van der Waals surface area contributed by atoms with E-state index in [1.54, 1.807) is 0 Å². The molecule has 16 heteroatoms. The number of imidazole rings is 1. The maximum absolute atomic E-state index is 13.4. The molecule has 3 heterocycles. The minimum atomic E-state index is -5.90. The third kappa shape index (κ3) is 3.73. The number of alkyl halides is 8. The van der Waals surface area contributed by atoms with Crippen LogP contribution < -0.4 is 0 Å². The SMILES string of the molecule is CCS(=O)(=O)c1cc(C(F)(F)F)cnc1-c1cn2nc(C(F)(F)C(F)(F)F)sc2n1. The first-order valence-corrected chi connectivity index (χ1v) is 10.2. The Morgan fingerprint density at radius 2 is 1.73 bits per heavy atom. The van der Waals surface area contributed by atoms with E-state index in [0.717, 1.165) is 6.20 Å². The molecule has 0 saturated heterocycles. The van der Waals surface area contributed by atoms with E-state index in [0.29, 0.717) is 16.8 Å². The molecule has 0 spiro atoms. The second-order valence-corrected chi connectivity index (χ2v) is 9.01. The molecule has 0 aliphatic rings. The summed E-state index contributed by atoms with van der Waals surface area (Å²) in [5.41, 5.74) is -2.23. The molecule has 3 aromatic rings. The number of rotatable bonds is 4. The van der Waals surface area contributed by atoms with Gasteiger partial charge in [-0.05, 0) is 6.07 Å². The van der Waals surface area contributed by atoms with E-state index in [1.807, 2.05) is 0 Å². The molecule has 0 radical (unpaired) electrons. The van der Waals surface area contributed by atoms with Crippen molar-refractivity contribution in [1.29, 1.82) is 0 Å². The largest absolute Gasteiger partial charge is 0.460 e.